The van der Waals surface area contributed by atoms with Crippen molar-refractivity contribution in [3.05, 3.63) is 22.3 Å². The summed E-state index contributed by atoms with van der Waals surface area (Å²) in [5.74, 6) is 13.1. The van der Waals surface area contributed by atoms with Crippen molar-refractivity contribution in [2.75, 3.05) is 0 Å². The molecule has 0 aromatic carbocycles. The van der Waals surface area contributed by atoms with Crippen molar-refractivity contribution in [2.24, 2.45) is 82.9 Å². The fourth-order valence-corrected chi connectivity index (χ4v) is 12.2. The SMILES string of the molecule is CC1CC(CCC2=C3C2=C3C(C)CCCCC(C)C2CCCC(C(C)C3CCC(C(C)C)C3)C(C)CC2C)CCCC(C(C)C)C1. The third-order valence-electron chi connectivity index (χ3n) is 15.6. The van der Waals surface area contributed by atoms with Crippen molar-refractivity contribution in [3.63, 3.8) is 0 Å². The van der Waals surface area contributed by atoms with Crippen molar-refractivity contribution in [1.29, 1.82) is 0 Å². The molecule has 0 aromatic heterocycles. The van der Waals surface area contributed by atoms with E-state index in [-0.39, 0.29) is 0 Å². The van der Waals surface area contributed by atoms with Gasteiger partial charge in [0.1, 0.15) is 0 Å². The number of hydrogen-bond donors (Lipinski definition) is 0. The summed E-state index contributed by atoms with van der Waals surface area (Å²) in [7, 11) is 0. The van der Waals surface area contributed by atoms with Crippen molar-refractivity contribution < 1.29 is 0 Å². The first-order valence-electron chi connectivity index (χ1n) is 21.4. The molecule has 0 heterocycles. The van der Waals surface area contributed by atoms with Gasteiger partial charge >= 0.3 is 0 Å². The van der Waals surface area contributed by atoms with E-state index in [0.29, 0.717) is 0 Å². The molecule has 264 valence electrons. The zero-order chi connectivity index (χ0) is 33.1. The second-order valence-corrected chi connectivity index (χ2v) is 19.6. The lowest BCUT2D eigenvalue weighted by Crippen LogP contribution is -2.31. The van der Waals surface area contributed by atoms with Gasteiger partial charge in [0.2, 0.25) is 0 Å². The Labute approximate surface area is 289 Å². The quantitative estimate of drug-likeness (QED) is 0.167. The van der Waals surface area contributed by atoms with Crippen molar-refractivity contribution in [1.82, 2.24) is 0 Å². The van der Waals surface area contributed by atoms with Gasteiger partial charge in [-0.05, 0) is 176 Å². The summed E-state index contributed by atoms with van der Waals surface area (Å²) in [6.45, 7) is 25.4. The molecule has 0 radical (unpaired) electrons. The van der Waals surface area contributed by atoms with Crippen molar-refractivity contribution >= 4 is 0 Å². The smallest absolute Gasteiger partial charge is 0.00984 e. The maximum absolute atomic E-state index is 2.66. The lowest BCUT2D eigenvalue weighted by molar-refractivity contribution is 0.0970. The Hall–Kier alpha value is -0.520. The molecule has 0 aliphatic heterocycles. The molecule has 0 nitrogen and oxygen atoms in total. The number of unbranched alkanes of at least 4 members (excludes halogenated alkanes) is 1. The molecule has 0 bridgehead atoms. The molecule has 0 N–H and O–H groups in total. The summed E-state index contributed by atoms with van der Waals surface area (Å²) in [6, 6.07) is 0. The average Bonchev–Trinajstić information content (AvgIpc) is 3.83. The molecular formula is C46H80. The molecule has 0 saturated heterocycles. The second kappa shape index (κ2) is 16.5. The lowest BCUT2D eigenvalue weighted by Gasteiger charge is -2.40. The van der Waals surface area contributed by atoms with Gasteiger partial charge < -0.3 is 0 Å². The summed E-state index contributed by atoms with van der Waals surface area (Å²) in [4.78, 5) is 0. The van der Waals surface area contributed by atoms with Gasteiger partial charge in [-0.1, -0.05) is 114 Å². The number of hydrogen-bond acceptors (Lipinski definition) is 0. The molecule has 12 atom stereocenters. The van der Waals surface area contributed by atoms with Gasteiger partial charge in [0.15, 0.2) is 0 Å². The molecule has 0 spiro atoms. The first-order chi connectivity index (χ1) is 22.0. The zero-order valence-corrected chi connectivity index (χ0v) is 32.8. The molecule has 46 heavy (non-hydrogen) atoms. The zero-order valence-electron chi connectivity index (χ0n) is 32.8. The summed E-state index contributed by atoms with van der Waals surface area (Å²) >= 11 is 0. The monoisotopic (exact) mass is 633 g/mol. The number of rotatable bonds is 14. The van der Waals surface area contributed by atoms with E-state index in [1.807, 2.05) is 11.1 Å². The third kappa shape index (κ3) is 9.17. The number of allylic oxidation sites excluding steroid dienone is 4. The maximum Gasteiger partial charge on any atom is -0.00984 e. The molecule has 3 fully saturated rings. The Morgan fingerprint density at radius 3 is 1.89 bits per heavy atom. The summed E-state index contributed by atoms with van der Waals surface area (Å²) in [6.07, 6.45) is 26.6. The average molecular weight is 633 g/mol. The van der Waals surface area contributed by atoms with E-state index < -0.39 is 0 Å². The van der Waals surface area contributed by atoms with Crippen LogP contribution in [0.4, 0.5) is 0 Å². The van der Waals surface area contributed by atoms with Gasteiger partial charge in [-0.3, -0.25) is 0 Å². The van der Waals surface area contributed by atoms with E-state index in [0.717, 1.165) is 82.9 Å². The Morgan fingerprint density at radius 2 is 1.20 bits per heavy atom. The molecule has 0 aromatic rings. The molecular weight excluding hydrogens is 553 g/mol. The summed E-state index contributed by atoms with van der Waals surface area (Å²) < 4.78 is 0. The van der Waals surface area contributed by atoms with Crippen LogP contribution in [0.5, 0.6) is 0 Å². The van der Waals surface area contributed by atoms with Crippen LogP contribution in [0, 0.1) is 82.9 Å². The van der Waals surface area contributed by atoms with Crippen LogP contribution >= 0.6 is 0 Å². The van der Waals surface area contributed by atoms with Crippen LogP contribution in [-0.4, -0.2) is 0 Å². The molecule has 5 rings (SSSR count). The van der Waals surface area contributed by atoms with Gasteiger partial charge in [0.05, 0.1) is 0 Å². The van der Waals surface area contributed by atoms with E-state index in [1.54, 1.807) is 11.1 Å². The molecule has 5 aliphatic carbocycles. The fraction of sp³-hybridized carbons (Fsp3) is 0.913. The fourth-order valence-electron chi connectivity index (χ4n) is 12.2. The van der Waals surface area contributed by atoms with Crippen LogP contribution in [0.1, 0.15) is 185 Å². The van der Waals surface area contributed by atoms with E-state index >= 15 is 0 Å². The van der Waals surface area contributed by atoms with Crippen LogP contribution < -0.4 is 0 Å². The van der Waals surface area contributed by atoms with Crippen molar-refractivity contribution in [2.45, 2.75) is 185 Å². The molecule has 0 heteroatoms. The highest BCUT2D eigenvalue weighted by atomic mass is 14.5. The van der Waals surface area contributed by atoms with Crippen LogP contribution in [0.25, 0.3) is 0 Å². The molecule has 5 aliphatic rings. The molecule has 12 unspecified atom stereocenters. The Balaban J connectivity index is 0.963. The largest absolute Gasteiger partial charge is 0.0625 e. The highest BCUT2D eigenvalue weighted by Gasteiger charge is 2.49. The third-order valence-corrected chi connectivity index (χ3v) is 15.6. The minimum absolute atomic E-state index is 0.828. The second-order valence-electron chi connectivity index (χ2n) is 19.6. The Kier molecular flexibility index (Phi) is 13.1. The van der Waals surface area contributed by atoms with Gasteiger partial charge in [-0.15, -0.1) is 0 Å². The molecule has 3 saturated carbocycles. The van der Waals surface area contributed by atoms with Gasteiger partial charge in [0.25, 0.3) is 0 Å². The van der Waals surface area contributed by atoms with Crippen LogP contribution in [0.3, 0.4) is 0 Å². The normalized spacial score (nSPS) is 37.4. The standard InChI is InChI=1S/C46H80/c1-29(2)38-18-13-17-37(25-31(5)26-38)21-24-43-45-44(46(43)45)33(7)16-12-11-15-32(6)41-19-14-20-42(35(9)27-34(41)8)36(10)40-23-22-39(28-40)30(3)4/h29-42H,11-28H2,1-10H3. The van der Waals surface area contributed by atoms with E-state index in [9.17, 15) is 0 Å². The predicted octanol–water partition coefficient (Wildman–Crippen LogP) is 14.5. The van der Waals surface area contributed by atoms with Crippen LogP contribution in [0.2, 0.25) is 0 Å². The van der Waals surface area contributed by atoms with Crippen LogP contribution in [-0.2, 0) is 0 Å². The highest BCUT2D eigenvalue weighted by Crippen LogP contribution is 2.65. The number of fused-ring (bicyclic) bond motifs is 1. The van der Waals surface area contributed by atoms with E-state index in [4.69, 9.17) is 0 Å². The topological polar surface area (TPSA) is 0 Å². The van der Waals surface area contributed by atoms with Gasteiger partial charge in [-0.2, -0.15) is 0 Å². The lowest BCUT2D eigenvalue weighted by atomic mass is 9.65. The first-order valence-corrected chi connectivity index (χ1v) is 21.4. The minimum Gasteiger partial charge on any atom is -0.0625 e. The molecule has 0 amide bonds. The maximum atomic E-state index is 2.66. The summed E-state index contributed by atoms with van der Waals surface area (Å²) in [5, 5.41) is 0. The Morgan fingerprint density at radius 1 is 0.587 bits per heavy atom. The Bertz CT molecular complexity index is 1020. The van der Waals surface area contributed by atoms with E-state index in [1.165, 1.54) is 116 Å². The first kappa shape index (κ1) is 36.8. The van der Waals surface area contributed by atoms with Gasteiger partial charge in [0, 0.05) is 0 Å². The predicted molar refractivity (Wildman–Crippen MR) is 203 cm³/mol. The van der Waals surface area contributed by atoms with Crippen molar-refractivity contribution in [3.8, 4) is 0 Å². The highest BCUT2D eigenvalue weighted by molar-refractivity contribution is 5.92. The van der Waals surface area contributed by atoms with Gasteiger partial charge in [-0.25, -0.2) is 0 Å². The summed E-state index contributed by atoms with van der Waals surface area (Å²) in [5.41, 5.74) is 7.21. The van der Waals surface area contributed by atoms with Crippen LogP contribution in [0.15, 0.2) is 22.3 Å². The minimum atomic E-state index is 0.828. The van der Waals surface area contributed by atoms with E-state index in [2.05, 4.69) is 69.2 Å².